The summed E-state index contributed by atoms with van der Waals surface area (Å²) in [5, 5.41) is 0.676. The quantitative estimate of drug-likeness (QED) is 0.602. The molecule has 0 aliphatic heterocycles. The zero-order valence-electron chi connectivity index (χ0n) is 11.1. The summed E-state index contributed by atoms with van der Waals surface area (Å²) in [5.74, 6) is 0. The molecule has 5 heteroatoms. The van der Waals surface area contributed by atoms with Gasteiger partial charge < -0.3 is 12.4 Å². The van der Waals surface area contributed by atoms with E-state index in [1.807, 2.05) is 19.1 Å². The normalized spacial score (nSPS) is 12.3. The Hall–Kier alpha value is -1.52. The molecule has 1 heterocycles. The van der Waals surface area contributed by atoms with Crippen LogP contribution in [0.5, 0.6) is 0 Å². The van der Waals surface area contributed by atoms with Gasteiger partial charge in [0.15, 0.2) is 9.58 Å². The molecule has 0 N–H and O–H groups in total. The average Bonchev–Trinajstić information content (AvgIpc) is 2.78. The van der Waals surface area contributed by atoms with Crippen LogP contribution in [0.1, 0.15) is 5.56 Å². The van der Waals surface area contributed by atoms with Gasteiger partial charge in [-0.25, -0.2) is 0 Å². The molecule has 3 aromatic rings. The van der Waals surface area contributed by atoms with Crippen molar-refractivity contribution in [2.45, 2.75) is 12.4 Å². The molecular formula is C16H12ClF3S. The van der Waals surface area contributed by atoms with E-state index in [0.29, 0.717) is 20.5 Å². The van der Waals surface area contributed by atoms with Crippen LogP contribution in [0.2, 0.25) is 0 Å². The lowest BCUT2D eigenvalue weighted by Crippen LogP contribution is -3.00. The lowest BCUT2D eigenvalue weighted by atomic mass is 10.1. The minimum absolute atomic E-state index is 0. The highest BCUT2D eigenvalue weighted by molar-refractivity contribution is 7.41. The number of hydrogen-bond acceptors (Lipinski definition) is 0. The predicted molar refractivity (Wildman–Crippen MR) is 77.9 cm³/mol. The summed E-state index contributed by atoms with van der Waals surface area (Å²) in [6.45, 7) is 1.82. The van der Waals surface area contributed by atoms with Crippen molar-refractivity contribution in [1.29, 1.82) is 0 Å². The standard InChI is InChI=1S/C16H12F3S.ClH/c1-11-7-8-13-10-15(12-5-3-2-4-6-12)20(14(13)9-11)16(17,18)19;/h2-10H,1H3;1H/q+1;/p-1. The van der Waals surface area contributed by atoms with Crippen molar-refractivity contribution in [3.8, 4) is 10.4 Å². The van der Waals surface area contributed by atoms with E-state index < -0.39 is 16.0 Å². The summed E-state index contributed by atoms with van der Waals surface area (Å²) in [6.07, 6.45) is 0. The summed E-state index contributed by atoms with van der Waals surface area (Å²) in [7, 11) is -1.86. The highest BCUT2D eigenvalue weighted by Crippen LogP contribution is 2.54. The largest absolute Gasteiger partial charge is 1.00 e. The fraction of sp³-hybridized carbons (Fsp3) is 0.125. The minimum atomic E-state index is -4.25. The van der Waals surface area contributed by atoms with Crippen LogP contribution in [0.3, 0.4) is 0 Å². The van der Waals surface area contributed by atoms with Gasteiger partial charge in [0, 0.05) is 23.1 Å². The molecule has 0 spiro atoms. The molecule has 21 heavy (non-hydrogen) atoms. The van der Waals surface area contributed by atoms with Gasteiger partial charge in [-0.3, -0.25) is 0 Å². The number of thiophene rings is 1. The first-order valence-corrected chi connectivity index (χ1v) is 7.38. The summed E-state index contributed by atoms with van der Waals surface area (Å²) in [5.41, 5.74) is -2.75. The van der Waals surface area contributed by atoms with Gasteiger partial charge in [0.05, 0.1) is 0 Å². The second kappa shape index (κ2) is 5.70. The molecule has 1 unspecified atom stereocenters. The van der Waals surface area contributed by atoms with E-state index in [0.717, 1.165) is 5.56 Å². The second-order valence-corrected chi connectivity index (χ2v) is 6.62. The van der Waals surface area contributed by atoms with Crippen molar-refractivity contribution >= 4 is 20.6 Å². The van der Waals surface area contributed by atoms with Gasteiger partial charge in [0.25, 0.3) is 0 Å². The number of halogens is 4. The number of rotatable bonds is 1. The molecule has 0 bridgehead atoms. The van der Waals surface area contributed by atoms with Crippen molar-refractivity contribution in [3.05, 3.63) is 60.2 Å². The van der Waals surface area contributed by atoms with E-state index in [2.05, 4.69) is 0 Å². The molecule has 0 saturated heterocycles. The molecule has 2 aromatic carbocycles. The van der Waals surface area contributed by atoms with Crippen molar-refractivity contribution in [1.82, 2.24) is 0 Å². The van der Waals surface area contributed by atoms with Crippen LogP contribution in [0.15, 0.2) is 54.6 Å². The van der Waals surface area contributed by atoms with Crippen molar-refractivity contribution in [3.63, 3.8) is 0 Å². The van der Waals surface area contributed by atoms with E-state index in [1.54, 1.807) is 42.5 Å². The first kappa shape index (κ1) is 15.9. The maximum absolute atomic E-state index is 13.5. The van der Waals surface area contributed by atoms with Crippen molar-refractivity contribution < 1.29 is 25.6 Å². The van der Waals surface area contributed by atoms with Crippen LogP contribution in [-0.2, 0) is 5.51 Å². The third-order valence-corrected chi connectivity index (χ3v) is 5.23. The van der Waals surface area contributed by atoms with Crippen LogP contribution in [0, 0.1) is 6.92 Å². The van der Waals surface area contributed by atoms with Crippen LogP contribution >= 0.6 is 10.5 Å². The van der Waals surface area contributed by atoms with Gasteiger partial charge in [-0.1, -0.05) is 24.3 Å². The zero-order valence-corrected chi connectivity index (χ0v) is 12.7. The second-order valence-electron chi connectivity index (χ2n) is 4.67. The summed E-state index contributed by atoms with van der Waals surface area (Å²) in [4.78, 5) is 0.360. The summed E-state index contributed by atoms with van der Waals surface area (Å²) >= 11 is 0. The third kappa shape index (κ3) is 2.92. The average molecular weight is 329 g/mol. The Labute approximate surface area is 129 Å². The zero-order chi connectivity index (χ0) is 14.3. The Kier molecular flexibility index (Phi) is 4.30. The maximum Gasteiger partial charge on any atom is 0.601 e. The minimum Gasteiger partial charge on any atom is -1.00 e. The predicted octanol–water partition coefficient (Wildman–Crippen LogP) is 3.04. The molecule has 0 aliphatic carbocycles. The maximum atomic E-state index is 13.5. The Balaban J connectivity index is 0.00000161. The molecule has 0 radical (unpaired) electrons. The van der Waals surface area contributed by atoms with Gasteiger partial charge in [0.1, 0.15) is 10.5 Å². The Morgan fingerprint density at radius 3 is 2.19 bits per heavy atom. The fourth-order valence-corrected chi connectivity index (χ4v) is 4.33. The van der Waals surface area contributed by atoms with Crippen LogP contribution in [0.25, 0.3) is 20.5 Å². The summed E-state index contributed by atoms with van der Waals surface area (Å²) in [6, 6.07) is 15.7. The fourth-order valence-electron chi connectivity index (χ4n) is 2.31. The van der Waals surface area contributed by atoms with Gasteiger partial charge >= 0.3 is 5.51 Å². The van der Waals surface area contributed by atoms with Crippen LogP contribution in [-0.4, -0.2) is 0 Å². The van der Waals surface area contributed by atoms with Crippen LogP contribution < -0.4 is 12.4 Å². The molecule has 0 saturated carbocycles. The van der Waals surface area contributed by atoms with Gasteiger partial charge in [-0.05, 0) is 30.7 Å². The molecule has 0 amide bonds. The molecule has 110 valence electrons. The van der Waals surface area contributed by atoms with Crippen LogP contribution in [0.4, 0.5) is 13.2 Å². The number of hydrogen-bond donors (Lipinski definition) is 0. The number of fused-ring (bicyclic) bond motifs is 1. The topological polar surface area (TPSA) is 0 Å². The molecule has 0 nitrogen and oxygen atoms in total. The van der Waals surface area contributed by atoms with Gasteiger partial charge in [-0.15, -0.1) is 13.2 Å². The first-order valence-electron chi connectivity index (χ1n) is 6.16. The Morgan fingerprint density at radius 1 is 0.905 bits per heavy atom. The molecule has 0 aliphatic rings. The summed E-state index contributed by atoms with van der Waals surface area (Å²) < 4.78 is 40.8. The SMILES string of the molecule is Cc1ccc2cc(-c3ccccc3)[s+](C(F)(F)F)c2c1.[Cl-]. The third-order valence-electron chi connectivity index (χ3n) is 3.19. The van der Waals surface area contributed by atoms with E-state index >= 15 is 0 Å². The highest BCUT2D eigenvalue weighted by Gasteiger charge is 2.48. The Morgan fingerprint density at radius 2 is 1.57 bits per heavy atom. The smallest absolute Gasteiger partial charge is 0.601 e. The number of aryl methyl sites for hydroxylation is 1. The molecule has 0 fully saturated rings. The highest BCUT2D eigenvalue weighted by atomic mass is 35.5. The van der Waals surface area contributed by atoms with Gasteiger partial charge in [0.2, 0.25) is 0 Å². The van der Waals surface area contributed by atoms with E-state index in [-0.39, 0.29) is 12.4 Å². The van der Waals surface area contributed by atoms with E-state index in [9.17, 15) is 13.2 Å². The van der Waals surface area contributed by atoms with Crippen molar-refractivity contribution in [2.24, 2.45) is 0 Å². The monoisotopic (exact) mass is 328 g/mol. The number of benzene rings is 2. The lowest BCUT2D eigenvalue weighted by Gasteiger charge is -2.00. The van der Waals surface area contributed by atoms with Crippen molar-refractivity contribution in [2.75, 3.05) is 0 Å². The van der Waals surface area contributed by atoms with E-state index in [1.165, 1.54) is 0 Å². The Bertz CT molecular complexity index is 760. The molecular weight excluding hydrogens is 317 g/mol. The first-order chi connectivity index (χ1) is 9.47. The van der Waals surface area contributed by atoms with E-state index in [4.69, 9.17) is 0 Å². The molecule has 1 atom stereocenters. The molecule has 3 rings (SSSR count). The number of alkyl halides is 3. The van der Waals surface area contributed by atoms with Gasteiger partial charge in [-0.2, -0.15) is 0 Å². The lowest BCUT2D eigenvalue weighted by molar-refractivity contribution is -0.0864. The molecule has 1 aromatic heterocycles.